The van der Waals surface area contributed by atoms with Crippen LogP contribution in [0.5, 0.6) is 5.75 Å². The van der Waals surface area contributed by atoms with Gasteiger partial charge in [-0.25, -0.2) is 4.79 Å². The van der Waals surface area contributed by atoms with Crippen molar-refractivity contribution in [1.82, 2.24) is 15.4 Å². The zero-order chi connectivity index (χ0) is 13.3. The molecular formula is C8H7AgN3O6S. The van der Waals surface area contributed by atoms with Gasteiger partial charge in [0.1, 0.15) is 16.8 Å². The quantitative estimate of drug-likeness (QED) is 0.483. The van der Waals surface area contributed by atoms with Crippen molar-refractivity contribution in [1.29, 1.82) is 0 Å². The molecule has 0 aliphatic rings. The van der Waals surface area contributed by atoms with Crippen LogP contribution in [-0.4, -0.2) is 46.1 Å². The van der Waals surface area contributed by atoms with Gasteiger partial charge in [-0.1, -0.05) is 0 Å². The summed E-state index contributed by atoms with van der Waals surface area (Å²) in [5.41, 5.74) is 0.0747. The van der Waals surface area contributed by atoms with E-state index in [0.29, 0.717) is 0 Å². The van der Waals surface area contributed by atoms with Gasteiger partial charge in [0.25, 0.3) is 0 Å². The minimum Gasteiger partial charge on any atom is -0.480 e. The summed E-state index contributed by atoms with van der Waals surface area (Å²) >= 11 is 0. The molecule has 0 spiro atoms. The first-order valence-electron chi connectivity index (χ1n) is 4.55. The van der Waals surface area contributed by atoms with Gasteiger partial charge in [0.05, 0.1) is 0 Å². The van der Waals surface area contributed by atoms with E-state index in [1.165, 1.54) is 12.1 Å². The van der Waals surface area contributed by atoms with Gasteiger partial charge in [-0.15, -0.1) is 0 Å². The number of carboxylic acid groups (broad SMARTS) is 1. The van der Waals surface area contributed by atoms with E-state index < -0.39 is 27.6 Å². The van der Waals surface area contributed by atoms with E-state index in [2.05, 4.69) is 15.4 Å². The number of fused-ring (bicyclic) bond motifs is 1. The predicted molar refractivity (Wildman–Crippen MR) is 56.8 cm³/mol. The van der Waals surface area contributed by atoms with Gasteiger partial charge < -0.3 is 9.84 Å². The van der Waals surface area contributed by atoms with E-state index in [-0.39, 0.29) is 39.2 Å². The number of benzene rings is 1. The SMILES string of the molecule is O=C(O)COc1ccc2n[nH]nc2c1S(=O)(=O)O.[Ag]. The van der Waals surface area contributed by atoms with Gasteiger partial charge in [-0.2, -0.15) is 23.8 Å². The summed E-state index contributed by atoms with van der Waals surface area (Å²) in [6, 6.07) is 2.57. The van der Waals surface area contributed by atoms with Crippen molar-refractivity contribution < 1.29 is 50.0 Å². The molecule has 2 rings (SSSR count). The summed E-state index contributed by atoms with van der Waals surface area (Å²) in [5.74, 6) is -1.59. The molecule has 0 saturated carbocycles. The zero-order valence-electron chi connectivity index (χ0n) is 8.99. The molecule has 11 heteroatoms. The molecule has 0 amide bonds. The van der Waals surface area contributed by atoms with Gasteiger partial charge >= 0.3 is 16.1 Å². The number of aliphatic carboxylic acids is 1. The maximum Gasteiger partial charge on any atom is 0.341 e. The third kappa shape index (κ3) is 3.30. The molecule has 3 N–H and O–H groups in total. The Kier molecular flexibility index (Phi) is 4.66. The van der Waals surface area contributed by atoms with Crippen molar-refractivity contribution in [3.8, 4) is 5.75 Å². The number of carbonyl (C=O) groups is 1. The fourth-order valence-electron chi connectivity index (χ4n) is 1.37. The van der Waals surface area contributed by atoms with Crippen LogP contribution in [0.15, 0.2) is 17.0 Å². The van der Waals surface area contributed by atoms with E-state index in [0.717, 1.165) is 0 Å². The zero-order valence-corrected chi connectivity index (χ0v) is 11.3. The summed E-state index contributed by atoms with van der Waals surface area (Å²) in [6.07, 6.45) is 0. The van der Waals surface area contributed by atoms with Gasteiger partial charge in [0.15, 0.2) is 11.5 Å². The third-order valence-corrected chi connectivity index (χ3v) is 2.93. The Morgan fingerprint density at radius 3 is 2.63 bits per heavy atom. The fourth-order valence-corrected chi connectivity index (χ4v) is 2.15. The molecule has 0 aliphatic heterocycles. The fraction of sp³-hybridized carbons (Fsp3) is 0.125. The number of aromatic amines is 1. The van der Waals surface area contributed by atoms with E-state index in [4.69, 9.17) is 14.4 Å². The van der Waals surface area contributed by atoms with Crippen molar-refractivity contribution in [2.75, 3.05) is 6.61 Å². The van der Waals surface area contributed by atoms with Crippen molar-refractivity contribution in [3.63, 3.8) is 0 Å². The standard InChI is InChI=1S/C8H7N3O6S.Ag/c12-6(13)3-17-5-2-1-4-7(10-11-9-4)8(5)18(14,15)16;/h1-2H,3H2,(H,12,13)(H,9,10,11)(H,14,15,16);. The van der Waals surface area contributed by atoms with E-state index in [9.17, 15) is 13.2 Å². The van der Waals surface area contributed by atoms with Crippen LogP contribution in [0.25, 0.3) is 11.0 Å². The molecule has 1 aromatic carbocycles. The summed E-state index contributed by atoms with van der Waals surface area (Å²) in [7, 11) is -4.62. The topological polar surface area (TPSA) is 142 Å². The first kappa shape index (κ1) is 15.6. The van der Waals surface area contributed by atoms with Crippen LogP contribution in [-0.2, 0) is 37.3 Å². The second-order valence-corrected chi connectivity index (χ2v) is 4.60. The van der Waals surface area contributed by atoms with Crippen LogP contribution in [0.3, 0.4) is 0 Å². The molecule has 0 unspecified atom stereocenters. The minimum absolute atomic E-state index is 0. The number of nitrogens with zero attached hydrogens (tertiary/aromatic N) is 2. The summed E-state index contributed by atoms with van der Waals surface area (Å²) in [4.78, 5) is 9.76. The molecule has 0 atom stereocenters. The number of H-pyrrole nitrogens is 1. The first-order valence-corrected chi connectivity index (χ1v) is 5.99. The van der Waals surface area contributed by atoms with Crippen molar-refractivity contribution in [3.05, 3.63) is 12.1 Å². The molecule has 0 fully saturated rings. The number of ether oxygens (including phenoxy) is 1. The van der Waals surface area contributed by atoms with Gasteiger partial charge in [0, 0.05) is 22.4 Å². The number of nitrogens with one attached hydrogen (secondary N) is 1. The van der Waals surface area contributed by atoms with Crippen LogP contribution in [0, 0.1) is 0 Å². The number of rotatable bonds is 4. The summed E-state index contributed by atoms with van der Waals surface area (Å²) in [6.45, 7) is -0.744. The first-order chi connectivity index (χ1) is 8.39. The average molecular weight is 381 g/mol. The Balaban J connectivity index is 0.00000180. The third-order valence-electron chi connectivity index (χ3n) is 2.02. The van der Waals surface area contributed by atoms with Gasteiger partial charge in [0.2, 0.25) is 0 Å². The Bertz CT molecular complexity index is 712. The van der Waals surface area contributed by atoms with E-state index in [1.54, 1.807) is 0 Å². The number of carboxylic acids is 1. The number of aromatic nitrogens is 3. The van der Waals surface area contributed by atoms with Crippen molar-refractivity contribution in [2.45, 2.75) is 4.90 Å². The van der Waals surface area contributed by atoms with Crippen LogP contribution >= 0.6 is 0 Å². The number of hydrogen-bond donors (Lipinski definition) is 3. The van der Waals surface area contributed by atoms with Gasteiger partial charge in [-0.3, -0.25) is 4.55 Å². The Hall–Kier alpha value is -1.46. The second-order valence-electron chi connectivity index (χ2n) is 3.24. The predicted octanol–water partition coefficient (Wildman–Crippen LogP) is -0.334. The molecule has 107 valence electrons. The van der Waals surface area contributed by atoms with Crippen LogP contribution in [0.2, 0.25) is 0 Å². The van der Waals surface area contributed by atoms with E-state index in [1.807, 2.05) is 0 Å². The Morgan fingerprint density at radius 2 is 2.05 bits per heavy atom. The smallest absolute Gasteiger partial charge is 0.341 e. The monoisotopic (exact) mass is 380 g/mol. The van der Waals surface area contributed by atoms with Crippen LogP contribution < -0.4 is 4.74 Å². The molecule has 1 radical (unpaired) electrons. The molecule has 9 nitrogen and oxygen atoms in total. The minimum atomic E-state index is -4.62. The van der Waals surface area contributed by atoms with Crippen molar-refractivity contribution >= 4 is 27.1 Å². The largest absolute Gasteiger partial charge is 0.480 e. The maximum absolute atomic E-state index is 11.3. The van der Waals surface area contributed by atoms with Gasteiger partial charge in [-0.05, 0) is 12.1 Å². The van der Waals surface area contributed by atoms with Crippen LogP contribution in [0.1, 0.15) is 0 Å². The molecule has 0 bridgehead atoms. The molecule has 19 heavy (non-hydrogen) atoms. The molecular weight excluding hydrogens is 374 g/mol. The second kappa shape index (κ2) is 5.67. The van der Waals surface area contributed by atoms with Crippen LogP contribution in [0.4, 0.5) is 0 Å². The molecule has 0 aliphatic carbocycles. The summed E-state index contributed by atoms with van der Waals surface area (Å²) < 4.78 is 36.4. The Labute approximate surface area is 122 Å². The molecule has 1 aromatic heterocycles. The molecule has 0 saturated heterocycles. The Morgan fingerprint density at radius 1 is 1.37 bits per heavy atom. The molecule has 1 heterocycles. The normalized spacial score (nSPS) is 11.0. The maximum atomic E-state index is 11.3. The number of hydrogen-bond acceptors (Lipinski definition) is 6. The average Bonchev–Trinajstić information content (AvgIpc) is 2.71. The molecule has 2 aromatic rings. The summed E-state index contributed by atoms with van der Waals surface area (Å²) in [5, 5.41) is 17.9. The van der Waals surface area contributed by atoms with E-state index >= 15 is 0 Å². The van der Waals surface area contributed by atoms with Crippen molar-refractivity contribution in [2.24, 2.45) is 0 Å².